The summed E-state index contributed by atoms with van der Waals surface area (Å²) in [6, 6.07) is 2.32. The molecule has 0 saturated carbocycles. The molecular weight excluding hydrogens is 286 g/mol. The largest absolute Gasteiger partial charge is 0.465 e. The van der Waals surface area contributed by atoms with Crippen LogP contribution in [0.5, 0.6) is 0 Å². The molecule has 0 fully saturated rings. The Morgan fingerprint density at radius 3 is 1.95 bits per heavy atom. The number of halogens is 2. The maximum atomic E-state index is 13.1. The Morgan fingerprint density at radius 1 is 1.00 bits per heavy atom. The number of hydrogen-bond donors (Lipinski definition) is 0. The zero-order valence-electron chi connectivity index (χ0n) is 11.5. The van der Waals surface area contributed by atoms with Crippen LogP contribution in [-0.4, -0.2) is 30.9 Å². The second-order valence-electron chi connectivity index (χ2n) is 3.93. The lowest BCUT2D eigenvalue weighted by molar-refractivity contribution is -0.158. The highest BCUT2D eigenvalue weighted by molar-refractivity contribution is 6.20. The van der Waals surface area contributed by atoms with E-state index in [2.05, 4.69) is 9.47 Å². The highest BCUT2D eigenvalue weighted by Crippen LogP contribution is 2.16. The minimum absolute atomic E-state index is 0.0419. The molecule has 7 heteroatoms. The molecule has 0 amide bonds. The fourth-order valence-corrected chi connectivity index (χ4v) is 1.58. The van der Waals surface area contributed by atoms with E-state index in [-0.39, 0.29) is 18.8 Å². The number of carbonyl (C=O) groups excluding carboxylic acids is 3. The van der Waals surface area contributed by atoms with Gasteiger partial charge in [0.25, 0.3) is 0 Å². The first kappa shape index (κ1) is 16.7. The predicted molar refractivity (Wildman–Crippen MR) is 67.4 cm³/mol. The first-order chi connectivity index (χ1) is 9.92. The van der Waals surface area contributed by atoms with E-state index in [1.165, 1.54) is 13.8 Å². The Bertz CT molecular complexity index is 538. The smallest absolute Gasteiger partial charge is 0.328 e. The molecule has 0 atom stereocenters. The van der Waals surface area contributed by atoms with Gasteiger partial charge in [0.05, 0.1) is 13.2 Å². The lowest BCUT2D eigenvalue weighted by Gasteiger charge is -2.13. The summed E-state index contributed by atoms with van der Waals surface area (Å²) in [5, 5.41) is 0. The van der Waals surface area contributed by atoms with Crippen LogP contribution < -0.4 is 0 Å². The minimum Gasteiger partial charge on any atom is -0.465 e. The standard InChI is InChI=1S/C14H14F2O5/c1-3-20-13(18)11(14(19)21-4-2)12(17)8-5-6-9(15)10(16)7-8/h5-7,11H,3-4H2,1-2H3. The lowest BCUT2D eigenvalue weighted by atomic mass is 9.97. The predicted octanol–water partition coefficient (Wildman–Crippen LogP) is 1.89. The Kier molecular flexibility index (Phi) is 5.95. The van der Waals surface area contributed by atoms with Gasteiger partial charge in [0.2, 0.25) is 5.92 Å². The summed E-state index contributed by atoms with van der Waals surface area (Å²) in [5.74, 6) is -7.44. The Balaban J connectivity index is 3.11. The molecule has 5 nitrogen and oxygen atoms in total. The van der Waals surface area contributed by atoms with Crippen LogP contribution in [0, 0.1) is 17.6 Å². The highest BCUT2D eigenvalue weighted by atomic mass is 19.2. The third kappa shape index (κ3) is 4.08. The number of ketones is 1. The van der Waals surface area contributed by atoms with Crippen LogP contribution in [0.3, 0.4) is 0 Å². The van der Waals surface area contributed by atoms with E-state index >= 15 is 0 Å². The van der Waals surface area contributed by atoms with Crippen molar-refractivity contribution in [3.8, 4) is 0 Å². The topological polar surface area (TPSA) is 69.7 Å². The molecule has 1 rings (SSSR count). The quantitative estimate of drug-likeness (QED) is 0.456. The van der Waals surface area contributed by atoms with Crippen molar-refractivity contribution in [2.45, 2.75) is 13.8 Å². The molecule has 0 unspecified atom stereocenters. The Morgan fingerprint density at radius 2 is 1.52 bits per heavy atom. The Hall–Kier alpha value is -2.31. The Labute approximate surface area is 119 Å². The van der Waals surface area contributed by atoms with E-state index in [0.717, 1.165) is 12.1 Å². The first-order valence-electron chi connectivity index (χ1n) is 6.24. The molecule has 1 aromatic rings. The van der Waals surface area contributed by atoms with Crippen LogP contribution in [0.4, 0.5) is 8.78 Å². The molecule has 0 spiro atoms. The van der Waals surface area contributed by atoms with Gasteiger partial charge in [0.15, 0.2) is 17.4 Å². The first-order valence-corrected chi connectivity index (χ1v) is 6.24. The van der Waals surface area contributed by atoms with Crippen LogP contribution in [0.1, 0.15) is 24.2 Å². The number of esters is 2. The van der Waals surface area contributed by atoms with Crippen molar-refractivity contribution in [3.63, 3.8) is 0 Å². The molecule has 0 N–H and O–H groups in total. The van der Waals surface area contributed by atoms with Gasteiger partial charge >= 0.3 is 11.9 Å². The number of carbonyl (C=O) groups is 3. The lowest BCUT2D eigenvalue weighted by Crippen LogP contribution is -2.35. The summed E-state index contributed by atoms with van der Waals surface area (Å²) in [6.45, 7) is 2.92. The van der Waals surface area contributed by atoms with Gasteiger partial charge in [0.1, 0.15) is 0 Å². The van der Waals surface area contributed by atoms with E-state index in [4.69, 9.17) is 0 Å². The SMILES string of the molecule is CCOC(=O)C(C(=O)OCC)C(=O)c1ccc(F)c(F)c1. The van der Waals surface area contributed by atoms with Crippen molar-refractivity contribution in [3.05, 3.63) is 35.4 Å². The van der Waals surface area contributed by atoms with Crippen molar-refractivity contribution in [2.24, 2.45) is 5.92 Å². The average Bonchev–Trinajstić information content (AvgIpc) is 2.42. The maximum absolute atomic E-state index is 13.1. The molecule has 114 valence electrons. The average molecular weight is 300 g/mol. The number of hydrogen-bond acceptors (Lipinski definition) is 5. The van der Waals surface area contributed by atoms with Gasteiger partial charge in [-0.3, -0.25) is 14.4 Å². The van der Waals surface area contributed by atoms with E-state index in [9.17, 15) is 23.2 Å². The third-order valence-corrected chi connectivity index (χ3v) is 2.51. The molecule has 0 aromatic heterocycles. The molecule has 0 aliphatic rings. The van der Waals surface area contributed by atoms with Gasteiger partial charge in [0, 0.05) is 5.56 Å². The summed E-state index contributed by atoms with van der Waals surface area (Å²) in [5.41, 5.74) is -0.319. The molecule has 0 radical (unpaired) electrons. The summed E-state index contributed by atoms with van der Waals surface area (Å²) >= 11 is 0. The fourth-order valence-electron chi connectivity index (χ4n) is 1.58. The minimum atomic E-state index is -1.85. The molecule has 0 bridgehead atoms. The molecule has 0 heterocycles. The van der Waals surface area contributed by atoms with Gasteiger partial charge in [-0.1, -0.05) is 0 Å². The van der Waals surface area contributed by atoms with Gasteiger partial charge in [-0.2, -0.15) is 0 Å². The molecule has 21 heavy (non-hydrogen) atoms. The van der Waals surface area contributed by atoms with Crippen LogP contribution in [0.25, 0.3) is 0 Å². The number of benzene rings is 1. The zero-order valence-corrected chi connectivity index (χ0v) is 11.5. The maximum Gasteiger partial charge on any atom is 0.328 e. The molecule has 0 aliphatic carbocycles. The summed E-state index contributed by atoms with van der Waals surface area (Å²) in [6.07, 6.45) is 0. The van der Waals surface area contributed by atoms with Gasteiger partial charge in [-0.15, -0.1) is 0 Å². The van der Waals surface area contributed by atoms with Crippen molar-refractivity contribution in [1.82, 2.24) is 0 Å². The van der Waals surface area contributed by atoms with Crippen LogP contribution in [-0.2, 0) is 19.1 Å². The summed E-state index contributed by atoms with van der Waals surface area (Å²) in [7, 11) is 0. The number of ether oxygens (including phenoxy) is 2. The van der Waals surface area contributed by atoms with Crippen LogP contribution >= 0.6 is 0 Å². The molecule has 0 aliphatic heterocycles. The van der Waals surface area contributed by atoms with E-state index in [1.807, 2.05) is 0 Å². The van der Waals surface area contributed by atoms with Crippen LogP contribution in [0.2, 0.25) is 0 Å². The highest BCUT2D eigenvalue weighted by Gasteiger charge is 2.37. The monoisotopic (exact) mass is 300 g/mol. The third-order valence-electron chi connectivity index (χ3n) is 2.51. The van der Waals surface area contributed by atoms with Crippen molar-refractivity contribution in [1.29, 1.82) is 0 Å². The van der Waals surface area contributed by atoms with Crippen LogP contribution in [0.15, 0.2) is 18.2 Å². The molecule has 0 saturated heterocycles. The van der Waals surface area contributed by atoms with E-state index in [0.29, 0.717) is 6.07 Å². The van der Waals surface area contributed by atoms with Gasteiger partial charge in [-0.25, -0.2) is 8.78 Å². The zero-order chi connectivity index (χ0) is 16.0. The fraction of sp³-hybridized carbons (Fsp3) is 0.357. The normalized spacial score (nSPS) is 10.3. The van der Waals surface area contributed by atoms with Crippen molar-refractivity contribution < 1.29 is 32.6 Å². The van der Waals surface area contributed by atoms with Gasteiger partial charge in [-0.05, 0) is 32.0 Å². The molecule has 1 aromatic carbocycles. The molecular formula is C14H14F2O5. The second kappa shape index (κ2) is 7.47. The van der Waals surface area contributed by atoms with Crippen molar-refractivity contribution >= 4 is 17.7 Å². The van der Waals surface area contributed by atoms with Crippen molar-refractivity contribution in [2.75, 3.05) is 13.2 Å². The van der Waals surface area contributed by atoms with E-state index in [1.54, 1.807) is 0 Å². The second-order valence-corrected chi connectivity index (χ2v) is 3.93. The van der Waals surface area contributed by atoms with Gasteiger partial charge < -0.3 is 9.47 Å². The van der Waals surface area contributed by atoms with E-state index < -0.39 is 35.3 Å². The summed E-state index contributed by atoms with van der Waals surface area (Å²) < 4.78 is 35.3. The number of Topliss-reactive ketones (excluding diaryl/α,β-unsaturated/α-hetero) is 1. The summed E-state index contributed by atoms with van der Waals surface area (Å²) in [4.78, 5) is 35.6. The number of rotatable bonds is 6.